The molecular formula is C34H28N6O3. The number of nitrogens with one attached hydrogen (secondary N) is 1. The number of hydrogen-bond donors (Lipinski definition) is 3. The molecule has 0 saturated heterocycles. The molecule has 0 radical (unpaired) electrons. The molecule has 4 N–H and O–H groups in total. The molecule has 212 valence electrons. The number of aldehydes is 1. The summed E-state index contributed by atoms with van der Waals surface area (Å²) in [6.07, 6.45) is 2.29. The highest BCUT2D eigenvalue weighted by molar-refractivity contribution is 5.85. The van der Waals surface area contributed by atoms with Crippen LogP contribution in [0.3, 0.4) is 0 Å². The fraction of sp³-hybridized carbons (Fsp3) is 0.0882. The van der Waals surface area contributed by atoms with Gasteiger partial charge in [0.2, 0.25) is 5.91 Å². The number of nitrogens with two attached hydrogens (primary N) is 1. The Morgan fingerprint density at radius 2 is 1.77 bits per heavy atom. The molecule has 1 atom stereocenters. The Labute approximate surface area is 247 Å². The number of nitrogens with zero attached hydrogens (tertiary/aromatic N) is 4. The molecule has 3 aromatic heterocycles. The topological polar surface area (TPSA) is 136 Å². The molecule has 0 spiro atoms. The van der Waals surface area contributed by atoms with E-state index in [0.717, 1.165) is 28.0 Å². The zero-order chi connectivity index (χ0) is 29.9. The predicted octanol–water partition coefficient (Wildman–Crippen LogP) is 5.67. The largest absolute Gasteiger partial charge is 0.507 e. The molecule has 6 aromatic rings. The monoisotopic (exact) mass is 568 g/mol. The van der Waals surface area contributed by atoms with Crippen molar-refractivity contribution in [3.8, 4) is 34.1 Å². The first-order valence-electron chi connectivity index (χ1n) is 13.7. The van der Waals surface area contributed by atoms with E-state index in [-0.39, 0.29) is 29.7 Å². The number of benzene rings is 3. The van der Waals surface area contributed by atoms with Crippen molar-refractivity contribution in [1.29, 1.82) is 0 Å². The van der Waals surface area contributed by atoms with Crippen LogP contribution >= 0.6 is 0 Å². The number of carbonyl (C=O) groups excluding carboxylic acids is 2. The number of phenolic OH excluding ortho intramolecular Hbond substituents is 1. The Bertz CT molecular complexity index is 1950. The van der Waals surface area contributed by atoms with Crippen molar-refractivity contribution in [3.05, 3.63) is 120 Å². The summed E-state index contributed by atoms with van der Waals surface area (Å²) in [7, 11) is 0. The predicted molar refractivity (Wildman–Crippen MR) is 166 cm³/mol. The number of nitrogen functional groups attached to an aromatic ring is 1. The number of aromatic hydroxyl groups is 1. The van der Waals surface area contributed by atoms with Gasteiger partial charge in [-0.05, 0) is 66.6 Å². The molecule has 6 rings (SSSR count). The van der Waals surface area contributed by atoms with E-state index < -0.39 is 0 Å². The van der Waals surface area contributed by atoms with Gasteiger partial charge in [-0.15, -0.1) is 0 Å². The third kappa shape index (κ3) is 5.56. The van der Waals surface area contributed by atoms with Gasteiger partial charge in [0.15, 0.2) is 17.8 Å². The molecule has 0 aliphatic rings. The van der Waals surface area contributed by atoms with Gasteiger partial charge in [-0.2, -0.15) is 0 Å². The molecule has 43 heavy (non-hydrogen) atoms. The van der Waals surface area contributed by atoms with Gasteiger partial charge in [0.1, 0.15) is 17.1 Å². The molecule has 0 bridgehead atoms. The van der Waals surface area contributed by atoms with Gasteiger partial charge in [-0.25, -0.2) is 15.0 Å². The number of pyridine rings is 2. The minimum absolute atomic E-state index is 0.0709. The van der Waals surface area contributed by atoms with E-state index in [1.807, 2.05) is 90.4 Å². The molecule has 0 aliphatic carbocycles. The van der Waals surface area contributed by atoms with Gasteiger partial charge >= 0.3 is 0 Å². The number of imidazole rings is 1. The maximum atomic E-state index is 12.7. The van der Waals surface area contributed by atoms with Gasteiger partial charge in [-0.3, -0.25) is 14.2 Å². The van der Waals surface area contributed by atoms with Crippen LogP contribution in [0.5, 0.6) is 5.75 Å². The number of anilines is 1. The smallest absolute Gasteiger partial charge is 0.224 e. The molecular weight excluding hydrogens is 540 g/mol. The summed E-state index contributed by atoms with van der Waals surface area (Å²) in [4.78, 5) is 37.9. The van der Waals surface area contributed by atoms with Crippen LogP contribution in [0.2, 0.25) is 0 Å². The Balaban J connectivity index is 1.32. The fourth-order valence-corrected chi connectivity index (χ4v) is 5.03. The Morgan fingerprint density at radius 1 is 0.977 bits per heavy atom. The van der Waals surface area contributed by atoms with E-state index in [0.29, 0.717) is 34.7 Å². The van der Waals surface area contributed by atoms with Crippen LogP contribution in [0.4, 0.5) is 5.82 Å². The third-order valence-electron chi connectivity index (χ3n) is 7.27. The quantitative estimate of drug-likeness (QED) is 0.201. The van der Waals surface area contributed by atoms with Crippen LogP contribution in [0, 0.1) is 0 Å². The zero-order valence-corrected chi connectivity index (χ0v) is 23.3. The standard InChI is InChI=1S/C34H28N6O3/c1-21(37-31(43)19-22-9-10-25(20-41)30(42)18-22)23-11-13-26(14-12-23)40-33(27-8-5-17-36-32(27)35)39-29-16-15-28(38-34(29)40)24-6-3-2-4-7-24/h2-18,20-21,42H,19H2,1H3,(H2,35,36)(H,37,43). The molecule has 3 heterocycles. The zero-order valence-electron chi connectivity index (χ0n) is 23.3. The van der Waals surface area contributed by atoms with Crippen molar-refractivity contribution in [2.24, 2.45) is 0 Å². The lowest BCUT2D eigenvalue weighted by atomic mass is 10.1. The molecule has 9 nitrogen and oxygen atoms in total. The first-order valence-corrected chi connectivity index (χ1v) is 13.7. The second-order valence-electron chi connectivity index (χ2n) is 10.2. The second kappa shape index (κ2) is 11.6. The highest BCUT2D eigenvalue weighted by Crippen LogP contribution is 2.32. The summed E-state index contributed by atoms with van der Waals surface area (Å²) >= 11 is 0. The van der Waals surface area contributed by atoms with Crippen molar-refractivity contribution in [2.75, 3.05) is 5.73 Å². The van der Waals surface area contributed by atoms with E-state index in [1.165, 1.54) is 12.1 Å². The summed E-state index contributed by atoms with van der Waals surface area (Å²) in [5.41, 5.74) is 12.7. The molecule has 0 aliphatic heterocycles. The van der Waals surface area contributed by atoms with E-state index in [4.69, 9.17) is 15.7 Å². The van der Waals surface area contributed by atoms with E-state index in [2.05, 4.69) is 10.3 Å². The number of amides is 1. The van der Waals surface area contributed by atoms with Crippen LogP contribution in [0.1, 0.15) is 34.5 Å². The van der Waals surface area contributed by atoms with E-state index >= 15 is 0 Å². The maximum Gasteiger partial charge on any atom is 0.224 e. The lowest BCUT2D eigenvalue weighted by Crippen LogP contribution is -2.28. The van der Waals surface area contributed by atoms with Gasteiger partial charge in [0.25, 0.3) is 0 Å². The van der Waals surface area contributed by atoms with Gasteiger partial charge in [-0.1, -0.05) is 48.5 Å². The van der Waals surface area contributed by atoms with Crippen LogP contribution in [0.25, 0.3) is 39.5 Å². The van der Waals surface area contributed by atoms with Crippen molar-refractivity contribution in [2.45, 2.75) is 19.4 Å². The maximum absolute atomic E-state index is 12.7. The Kier molecular flexibility index (Phi) is 7.36. The van der Waals surface area contributed by atoms with E-state index in [9.17, 15) is 14.7 Å². The number of carbonyl (C=O) groups is 2. The van der Waals surface area contributed by atoms with Crippen LogP contribution < -0.4 is 11.1 Å². The van der Waals surface area contributed by atoms with Crippen molar-refractivity contribution < 1.29 is 14.7 Å². The number of rotatable bonds is 8. The first-order chi connectivity index (χ1) is 20.9. The summed E-state index contributed by atoms with van der Waals surface area (Å²) in [6.45, 7) is 1.90. The Morgan fingerprint density at radius 3 is 2.49 bits per heavy atom. The minimum atomic E-state index is -0.278. The molecule has 1 unspecified atom stereocenters. The van der Waals surface area contributed by atoms with Gasteiger partial charge in [0.05, 0.1) is 29.3 Å². The average Bonchev–Trinajstić information content (AvgIpc) is 3.40. The number of fused-ring (bicyclic) bond motifs is 1. The normalized spacial score (nSPS) is 11.7. The van der Waals surface area contributed by atoms with Gasteiger partial charge < -0.3 is 16.2 Å². The number of hydrogen-bond acceptors (Lipinski definition) is 7. The molecule has 3 aromatic carbocycles. The Hall–Kier alpha value is -5.83. The van der Waals surface area contributed by atoms with Crippen LogP contribution in [-0.2, 0) is 11.2 Å². The number of phenols is 1. The van der Waals surface area contributed by atoms with Crippen molar-refractivity contribution in [1.82, 2.24) is 24.8 Å². The van der Waals surface area contributed by atoms with Crippen LogP contribution in [0.15, 0.2) is 103 Å². The fourth-order valence-electron chi connectivity index (χ4n) is 5.03. The summed E-state index contributed by atoms with van der Waals surface area (Å²) < 4.78 is 1.97. The number of aromatic nitrogens is 4. The minimum Gasteiger partial charge on any atom is -0.507 e. The lowest BCUT2D eigenvalue weighted by Gasteiger charge is -2.16. The first kappa shape index (κ1) is 27.3. The highest BCUT2D eigenvalue weighted by Gasteiger charge is 2.19. The van der Waals surface area contributed by atoms with Crippen LogP contribution in [-0.4, -0.2) is 36.8 Å². The molecule has 9 heteroatoms. The van der Waals surface area contributed by atoms with E-state index in [1.54, 1.807) is 12.3 Å². The highest BCUT2D eigenvalue weighted by atomic mass is 16.3. The summed E-state index contributed by atoms with van der Waals surface area (Å²) in [5.74, 6) is 0.636. The molecule has 0 saturated carbocycles. The SMILES string of the molecule is CC(NC(=O)Cc1ccc(C=O)c(O)c1)c1ccc(-n2c(-c3cccnc3N)nc3ccc(-c4ccccc4)nc32)cc1. The lowest BCUT2D eigenvalue weighted by molar-refractivity contribution is -0.121. The average molecular weight is 569 g/mol. The van der Waals surface area contributed by atoms with Crippen molar-refractivity contribution >= 4 is 29.2 Å². The second-order valence-corrected chi connectivity index (χ2v) is 10.2. The van der Waals surface area contributed by atoms with Crippen molar-refractivity contribution in [3.63, 3.8) is 0 Å². The molecule has 1 amide bonds. The summed E-state index contributed by atoms with van der Waals surface area (Å²) in [5, 5.41) is 12.9. The third-order valence-corrected chi connectivity index (χ3v) is 7.27. The summed E-state index contributed by atoms with van der Waals surface area (Å²) in [6, 6.07) is 29.7. The van der Waals surface area contributed by atoms with Gasteiger partial charge in [0, 0.05) is 17.4 Å². The molecule has 0 fully saturated rings.